The summed E-state index contributed by atoms with van der Waals surface area (Å²) in [5, 5.41) is 2.24. The van der Waals surface area contributed by atoms with Crippen molar-refractivity contribution in [1.82, 2.24) is 4.98 Å². The quantitative estimate of drug-likeness (QED) is 0.666. The van der Waals surface area contributed by atoms with E-state index >= 15 is 0 Å². The maximum absolute atomic E-state index is 11.5. The Morgan fingerprint density at radius 3 is 2.65 bits per heavy atom. The van der Waals surface area contributed by atoms with Gasteiger partial charge in [0.25, 0.3) is 0 Å². The number of carbonyl (C=O) groups excluding carboxylic acids is 1. The summed E-state index contributed by atoms with van der Waals surface area (Å²) < 4.78 is 10.2. The lowest BCUT2D eigenvalue weighted by Crippen LogP contribution is -2.03. The Bertz CT molecular complexity index is 789. The average Bonchev–Trinajstić information content (AvgIpc) is 2.88. The Kier molecular flexibility index (Phi) is 2.99. The molecule has 2 aromatic carbocycles. The van der Waals surface area contributed by atoms with E-state index in [9.17, 15) is 4.79 Å². The van der Waals surface area contributed by atoms with Crippen molar-refractivity contribution >= 4 is 16.7 Å². The highest BCUT2D eigenvalue weighted by Crippen LogP contribution is 2.25. The fourth-order valence-corrected chi connectivity index (χ4v) is 2.13. The molecule has 20 heavy (non-hydrogen) atoms. The molecule has 0 unspecified atom stereocenters. The maximum Gasteiger partial charge on any atom is 0.360 e. The zero-order valence-electron chi connectivity index (χ0n) is 11.2. The Hall–Kier alpha value is -2.62. The monoisotopic (exact) mass is 267 g/mol. The van der Waals surface area contributed by atoms with Crippen LogP contribution < -0.4 is 0 Å². The summed E-state index contributed by atoms with van der Waals surface area (Å²) >= 11 is 0. The van der Waals surface area contributed by atoms with Gasteiger partial charge in [-0.1, -0.05) is 30.3 Å². The molecule has 0 aliphatic rings. The second-order valence-electron chi connectivity index (χ2n) is 4.48. The Morgan fingerprint density at radius 1 is 1.15 bits per heavy atom. The Labute approximate surface area is 116 Å². The fraction of sp³-hybridized carbons (Fsp3) is 0.125. The minimum absolute atomic E-state index is 0.218. The van der Waals surface area contributed by atoms with E-state index in [1.165, 1.54) is 7.11 Å². The van der Waals surface area contributed by atoms with Gasteiger partial charge in [-0.3, -0.25) is 0 Å². The third-order valence-electron chi connectivity index (χ3n) is 3.17. The number of aromatic nitrogens is 1. The van der Waals surface area contributed by atoms with Crippen LogP contribution in [0.1, 0.15) is 16.2 Å². The van der Waals surface area contributed by atoms with Gasteiger partial charge in [0, 0.05) is 5.56 Å². The number of ether oxygens (including phenoxy) is 1. The number of aryl methyl sites for hydroxylation is 1. The van der Waals surface area contributed by atoms with Crippen molar-refractivity contribution in [2.45, 2.75) is 6.92 Å². The van der Waals surface area contributed by atoms with Gasteiger partial charge in [-0.05, 0) is 29.8 Å². The molecule has 0 N–H and O–H groups in total. The highest BCUT2D eigenvalue weighted by Gasteiger charge is 2.18. The summed E-state index contributed by atoms with van der Waals surface area (Å²) in [5.74, 6) is 0.395. The second-order valence-corrected chi connectivity index (χ2v) is 4.48. The third kappa shape index (κ3) is 2.05. The van der Waals surface area contributed by atoms with Crippen molar-refractivity contribution in [2.24, 2.45) is 0 Å². The molecule has 0 saturated carbocycles. The third-order valence-corrected chi connectivity index (χ3v) is 3.17. The number of methoxy groups -OCH3 is 1. The highest BCUT2D eigenvalue weighted by atomic mass is 16.5. The van der Waals surface area contributed by atoms with Crippen LogP contribution in [0.3, 0.4) is 0 Å². The number of benzene rings is 2. The molecule has 1 aromatic heterocycles. The number of esters is 1. The lowest BCUT2D eigenvalue weighted by Gasteiger charge is -1.99. The molecular formula is C16H13NO3. The minimum Gasteiger partial charge on any atom is -0.464 e. The summed E-state index contributed by atoms with van der Waals surface area (Å²) in [6, 6.07) is 14.0. The highest BCUT2D eigenvalue weighted by molar-refractivity contribution is 5.89. The molecule has 3 aromatic rings. The number of carbonyl (C=O) groups is 1. The number of oxazole rings is 1. The van der Waals surface area contributed by atoms with Crippen molar-refractivity contribution in [3.63, 3.8) is 0 Å². The lowest BCUT2D eigenvalue weighted by atomic mass is 10.1. The number of nitrogens with zero attached hydrogens (tertiary/aromatic N) is 1. The van der Waals surface area contributed by atoms with Gasteiger partial charge in [-0.25, -0.2) is 9.78 Å². The largest absolute Gasteiger partial charge is 0.464 e. The van der Waals surface area contributed by atoms with E-state index in [2.05, 4.69) is 9.72 Å². The molecule has 4 heteroatoms. The van der Waals surface area contributed by atoms with Crippen molar-refractivity contribution in [2.75, 3.05) is 7.11 Å². The number of rotatable bonds is 2. The van der Waals surface area contributed by atoms with E-state index < -0.39 is 5.97 Å². The molecule has 100 valence electrons. The second kappa shape index (κ2) is 4.81. The zero-order chi connectivity index (χ0) is 14.1. The maximum atomic E-state index is 11.5. The molecule has 4 nitrogen and oxygen atoms in total. The first-order chi connectivity index (χ1) is 9.69. The Morgan fingerprint density at radius 2 is 1.90 bits per heavy atom. The van der Waals surface area contributed by atoms with E-state index in [0.29, 0.717) is 11.7 Å². The molecule has 0 atom stereocenters. The van der Waals surface area contributed by atoms with Crippen molar-refractivity contribution in [1.29, 1.82) is 0 Å². The van der Waals surface area contributed by atoms with Crippen LogP contribution in [0.4, 0.5) is 0 Å². The molecule has 0 aliphatic carbocycles. The van der Waals surface area contributed by atoms with Gasteiger partial charge in [0.05, 0.1) is 7.11 Å². The molecule has 0 radical (unpaired) electrons. The first kappa shape index (κ1) is 12.4. The van der Waals surface area contributed by atoms with Crippen LogP contribution in [0.25, 0.3) is 22.2 Å². The van der Waals surface area contributed by atoms with Crippen molar-refractivity contribution < 1.29 is 13.9 Å². The van der Waals surface area contributed by atoms with Crippen LogP contribution in [-0.4, -0.2) is 18.1 Å². The van der Waals surface area contributed by atoms with Crippen LogP contribution >= 0.6 is 0 Å². The first-order valence-electron chi connectivity index (χ1n) is 6.24. The van der Waals surface area contributed by atoms with Crippen LogP contribution in [0.5, 0.6) is 0 Å². The summed E-state index contributed by atoms with van der Waals surface area (Å²) in [6.45, 7) is 1.70. The summed E-state index contributed by atoms with van der Waals surface area (Å²) in [7, 11) is 1.33. The topological polar surface area (TPSA) is 52.3 Å². The molecule has 0 saturated heterocycles. The van der Waals surface area contributed by atoms with Gasteiger partial charge in [-0.15, -0.1) is 0 Å². The van der Waals surface area contributed by atoms with Crippen LogP contribution in [-0.2, 0) is 4.74 Å². The molecule has 0 aliphatic heterocycles. The molecule has 0 fully saturated rings. The average molecular weight is 267 g/mol. The van der Waals surface area contributed by atoms with E-state index in [4.69, 9.17) is 4.42 Å². The molecule has 0 spiro atoms. The summed E-state index contributed by atoms with van der Waals surface area (Å²) in [6.07, 6.45) is 0. The van der Waals surface area contributed by atoms with Gasteiger partial charge in [0.15, 0.2) is 5.69 Å². The molecule has 1 heterocycles. The van der Waals surface area contributed by atoms with Gasteiger partial charge in [0.2, 0.25) is 5.89 Å². The number of hydrogen-bond donors (Lipinski definition) is 0. The SMILES string of the molecule is COC(=O)c1nc(-c2ccc3ccccc3c2)oc1C. The van der Waals surface area contributed by atoms with Gasteiger partial charge in [-0.2, -0.15) is 0 Å². The van der Waals surface area contributed by atoms with Gasteiger partial charge < -0.3 is 9.15 Å². The van der Waals surface area contributed by atoms with E-state index in [1.807, 2.05) is 42.5 Å². The molecule has 0 amide bonds. The van der Waals surface area contributed by atoms with Crippen molar-refractivity contribution in [3.8, 4) is 11.5 Å². The van der Waals surface area contributed by atoms with Crippen LogP contribution in [0.2, 0.25) is 0 Å². The van der Waals surface area contributed by atoms with E-state index in [1.54, 1.807) is 6.92 Å². The predicted octanol–water partition coefficient (Wildman–Crippen LogP) is 3.59. The zero-order valence-corrected chi connectivity index (χ0v) is 11.2. The first-order valence-corrected chi connectivity index (χ1v) is 6.24. The Balaban J connectivity index is 2.09. The normalized spacial score (nSPS) is 10.7. The molecule has 3 rings (SSSR count). The van der Waals surface area contributed by atoms with Gasteiger partial charge >= 0.3 is 5.97 Å². The summed E-state index contributed by atoms with van der Waals surface area (Å²) in [5.41, 5.74) is 1.05. The smallest absolute Gasteiger partial charge is 0.360 e. The van der Waals surface area contributed by atoms with E-state index in [-0.39, 0.29) is 5.69 Å². The van der Waals surface area contributed by atoms with Gasteiger partial charge in [0.1, 0.15) is 5.76 Å². The molecular weight excluding hydrogens is 254 g/mol. The summed E-state index contributed by atoms with van der Waals surface area (Å²) in [4.78, 5) is 15.8. The molecule has 0 bridgehead atoms. The van der Waals surface area contributed by atoms with E-state index in [0.717, 1.165) is 16.3 Å². The fourth-order valence-electron chi connectivity index (χ4n) is 2.13. The lowest BCUT2D eigenvalue weighted by molar-refractivity contribution is 0.0593. The van der Waals surface area contributed by atoms with Crippen LogP contribution in [0.15, 0.2) is 46.9 Å². The standard InChI is InChI=1S/C16H13NO3/c1-10-14(16(18)19-2)17-15(20-10)13-8-7-11-5-3-4-6-12(11)9-13/h3-9H,1-2H3. The predicted molar refractivity (Wildman–Crippen MR) is 75.5 cm³/mol. The van der Waals surface area contributed by atoms with Crippen LogP contribution in [0, 0.1) is 6.92 Å². The number of fused-ring (bicyclic) bond motifs is 1. The number of hydrogen-bond acceptors (Lipinski definition) is 4. The van der Waals surface area contributed by atoms with Crippen molar-refractivity contribution in [3.05, 3.63) is 53.9 Å². The minimum atomic E-state index is -0.488.